The van der Waals surface area contributed by atoms with Gasteiger partial charge in [-0.3, -0.25) is 4.90 Å². The van der Waals surface area contributed by atoms with E-state index in [2.05, 4.69) is 35.5 Å². The first-order valence-electron chi connectivity index (χ1n) is 14.9. The second-order valence-electron chi connectivity index (χ2n) is 11.8. The summed E-state index contributed by atoms with van der Waals surface area (Å²) in [4.78, 5) is 19.1. The maximum Gasteiger partial charge on any atom is 0.418 e. The van der Waals surface area contributed by atoms with E-state index >= 15 is 4.39 Å². The summed E-state index contributed by atoms with van der Waals surface area (Å²) in [5, 5.41) is 6.73. The number of halogens is 5. The fourth-order valence-corrected chi connectivity index (χ4v) is 6.38. The molecular weight excluding hydrogens is 587 g/mol. The molecule has 0 bridgehead atoms. The molecule has 0 amide bonds. The maximum absolute atomic E-state index is 16.5. The van der Waals surface area contributed by atoms with E-state index in [0.29, 0.717) is 38.9 Å². The van der Waals surface area contributed by atoms with E-state index in [4.69, 9.17) is 15.2 Å². The van der Waals surface area contributed by atoms with Crippen molar-refractivity contribution in [2.24, 2.45) is 0 Å². The van der Waals surface area contributed by atoms with Crippen LogP contribution in [0.2, 0.25) is 0 Å². The lowest BCUT2D eigenvalue weighted by Gasteiger charge is -2.31. The summed E-state index contributed by atoms with van der Waals surface area (Å²) in [5.74, 6) is -1.40. The Labute approximate surface area is 250 Å². The van der Waals surface area contributed by atoms with Crippen LogP contribution in [0.15, 0.2) is 12.1 Å². The average molecular weight is 623 g/mol. The Morgan fingerprint density at radius 3 is 2.77 bits per heavy atom. The van der Waals surface area contributed by atoms with Crippen LogP contribution in [0.5, 0.6) is 11.9 Å². The number of ether oxygens (including phenoxy) is 2. The van der Waals surface area contributed by atoms with Crippen LogP contribution in [0.4, 0.5) is 33.6 Å². The van der Waals surface area contributed by atoms with E-state index in [1.807, 2.05) is 6.92 Å². The summed E-state index contributed by atoms with van der Waals surface area (Å²) >= 11 is 0. The van der Waals surface area contributed by atoms with E-state index in [-0.39, 0.29) is 47.1 Å². The van der Waals surface area contributed by atoms with Gasteiger partial charge >= 0.3 is 12.2 Å². The smallest absolute Gasteiger partial charge is 0.418 e. The van der Waals surface area contributed by atoms with E-state index in [1.54, 1.807) is 6.92 Å². The fraction of sp³-hybridized carbons (Fsp3) is 0.586. The first-order valence-corrected chi connectivity index (χ1v) is 14.9. The molecule has 6 rings (SSSR count). The zero-order valence-corrected chi connectivity index (χ0v) is 24.5. The molecular formula is C29H35F5N8O2. The predicted molar refractivity (Wildman–Crippen MR) is 154 cm³/mol. The predicted octanol–water partition coefficient (Wildman–Crippen LogP) is 4.73. The van der Waals surface area contributed by atoms with Gasteiger partial charge in [-0.2, -0.15) is 23.1 Å². The molecule has 0 spiro atoms. The van der Waals surface area contributed by atoms with Gasteiger partial charge in [-0.05, 0) is 57.8 Å². The Bertz CT molecular complexity index is 1540. The zero-order valence-electron chi connectivity index (χ0n) is 24.5. The van der Waals surface area contributed by atoms with Gasteiger partial charge in [0, 0.05) is 25.6 Å². The number of hydrogen-bond acceptors (Lipinski definition) is 10. The lowest BCUT2D eigenvalue weighted by Crippen LogP contribution is -2.43. The molecule has 44 heavy (non-hydrogen) atoms. The summed E-state index contributed by atoms with van der Waals surface area (Å²) in [7, 11) is 0. The Kier molecular flexibility index (Phi) is 8.11. The van der Waals surface area contributed by atoms with Gasteiger partial charge in [-0.25, -0.2) is 18.7 Å². The third-order valence-electron chi connectivity index (χ3n) is 8.67. The highest BCUT2D eigenvalue weighted by molar-refractivity contribution is 5.96. The largest absolute Gasteiger partial charge is 0.474 e. The molecule has 2 saturated heterocycles. The third kappa shape index (κ3) is 5.78. The summed E-state index contributed by atoms with van der Waals surface area (Å²) in [6, 6.07) is 1.38. The molecule has 3 aliphatic rings. The van der Waals surface area contributed by atoms with E-state index in [9.17, 15) is 17.6 Å². The third-order valence-corrected chi connectivity index (χ3v) is 8.67. The van der Waals surface area contributed by atoms with Gasteiger partial charge < -0.3 is 25.8 Å². The van der Waals surface area contributed by atoms with Crippen molar-refractivity contribution in [3.8, 4) is 23.3 Å². The van der Waals surface area contributed by atoms with Crippen LogP contribution >= 0.6 is 0 Å². The van der Waals surface area contributed by atoms with Crippen molar-refractivity contribution >= 4 is 22.5 Å². The van der Waals surface area contributed by atoms with E-state index < -0.39 is 46.8 Å². The quantitative estimate of drug-likeness (QED) is 0.344. The number of fused-ring (bicyclic) bond motifs is 1. The molecule has 15 heteroatoms. The fourth-order valence-electron chi connectivity index (χ4n) is 6.38. The number of nitrogens with one attached hydrogen (secondary N) is 2. The van der Waals surface area contributed by atoms with Crippen molar-refractivity contribution < 1.29 is 31.4 Å². The standard InChI is InChI=1S/C29H35F5N8O2/c1-3-17-12-36-9-7-15(2)44-26-20-23(21(31)24(39-26)22-18(29(32,33)34)5-6-19(35)38-22)40-27(41-25(20)37-17)43-14-28-8-4-10-42(28)13-16(30)11-28/h5-6,15-17,36H,3-4,7-14H2,1-2H3,(H2,35,38)(H,37,40,41)/t15-,16+,17?,28-/m0/s1. The van der Waals surface area contributed by atoms with Crippen LogP contribution in [-0.2, 0) is 6.18 Å². The van der Waals surface area contributed by atoms with E-state index in [1.165, 1.54) is 0 Å². The van der Waals surface area contributed by atoms with Crippen molar-refractivity contribution in [3.05, 3.63) is 23.5 Å². The number of nitrogens with zero attached hydrogens (tertiary/aromatic N) is 5. The van der Waals surface area contributed by atoms with Crippen molar-refractivity contribution in [2.75, 3.05) is 43.8 Å². The number of nitrogen functional groups attached to an aromatic ring is 1. The van der Waals surface area contributed by atoms with Gasteiger partial charge in [0.2, 0.25) is 5.88 Å². The number of hydrogen-bond donors (Lipinski definition) is 3. The number of nitrogens with two attached hydrogens (primary N) is 1. The number of rotatable bonds is 5. The molecule has 0 saturated carbocycles. The average Bonchev–Trinajstić information content (AvgIpc) is 3.48. The lowest BCUT2D eigenvalue weighted by molar-refractivity contribution is -0.137. The van der Waals surface area contributed by atoms with Crippen molar-refractivity contribution in [1.82, 2.24) is 30.2 Å². The topological polar surface area (TPSA) is 123 Å². The first kappa shape index (κ1) is 30.4. The molecule has 0 aliphatic carbocycles. The Hall–Kier alpha value is -3.59. The van der Waals surface area contributed by atoms with Gasteiger partial charge in [-0.1, -0.05) is 6.92 Å². The molecule has 1 unspecified atom stereocenters. The highest BCUT2D eigenvalue weighted by atomic mass is 19.4. The molecule has 2 fully saturated rings. The minimum Gasteiger partial charge on any atom is -0.474 e. The van der Waals surface area contributed by atoms with Crippen LogP contribution in [-0.4, -0.2) is 81.5 Å². The molecule has 4 atom stereocenters. The van der Waals surface area contributed by atoms with Gasteiger partial charge in [0.05, 0.1) is 17.2 Å². The molecule has 3 aromatic heterocycles. The Morgan fingerprint density at radius 1 is 1.18 bits per heavy atom. The van der Waals surface area contributed by atoms with Gasteiger partial charge in [0.15, 0.2) is 5.82 Å². The number of alkyl halides is 4. The molecule has 0 radical (unpaired) electrons. The Morgan fingerprint density at radius 2 is 2.00 bits per heavy atom. The SMILES string of the molecule is CCC1CNCC[C@H](C)Oc2nc(-c3nc(N)ccc3C(F)(F)F)c(F)c3nc(OC[C@@]45CCCN4C[C@H](F)C5)nc(c23)N1. The Balaban J connectivity index is 1.54. The molecule has 10 nitrogen and oxygen atoms in total. The lowest BCUT2D eigenvalue weighted by atomic mass is 9.95. The zero-order chi connectivity index (χ0) is 31.2. The van der Waals surface area contributed by atoms with Crippen molar-refractivity contribution in [2.45, 2.75) is 76.0 Å². The molecule has 0 aromatic carbocycles. The number of pyridine rings is 2. The van der Waals surface area contributed by atoms with Crippen LogP contribution in [0.3, 0.4) is 0 Å². The van der Waals surface area contributed by atoms with Crippen molar-refractivity contribution in [1.29, 1.82) is 0 Å². The highest BCUT2D eigenvalue weighted by Crippen LogP contribution is 2.43. The van der Waals surface area contributed by atoms with Gasteiger partial charge in [0.25, 0.3) is 0 Å². The van der Waals surface area contributed by atoms with Gasteiger partial charge in [-0.15, -0.1) is 0 Å². The van der Waals surface area contributed by atoms with Crippen LogP contribution in [0.1, 0.15) is 51.5 Å². The minimum atomic E-state index is -4.87. The van der Waals surface area contributed by atoms with Crippen LogP contribution in [0.25, 0.3) is 22.3 Å². The van der Waals surface area contributed by atoms with Crippen LogP contribution < -0.4 is 25.8 Å². The monoisotopic (exact) mass is 622 g/mol. The molecule has 3 aliphatic heterocycles. The molecule has 3 aromatic rings. The second kappa shape index (κ2) is 11.7. The number of aromatic nitrogens is 4. The second-order valence-corrected chi connectivity index (χ2v) is 11.8. The number of anilines is 2. The van der Waals surface area contributed by atoms with Crippen molar-refractivity contribution in [3.63, 3.8) is 0 Å². The van der Waals surface area contributed by atoms with E-state index in [0.717, 1.165) is 31.5 Å². The summed E-state index contributed by atoms with van der Waals surface area (Å²) in [6.07, 6.45) is -3.16. The van der Waals surface area contributed by atoms with Crippen LogP contribution in [0, 0.1) is 5.82 Å². The normalized spacial score (nSPS) is 26.1. The molecule has 6 heterocycles. The first-order chi connectivity index (χ1) is 21.0. The van der Waals surface area contributed by atoms with Gasteiger partial charge in [0.1, 0.15) is 46.7 Å². The highest BCUT2D eigenvalue weighted by Gasteiger charge is 2.49. The minimum absolute atomic E-state index is 0.0635. The maximum atomic E-state index is 16.5. The molecule has 4 N–H and O–H groups in total. The molecule has 238 valence electrons. The summed E-state index contributed by atoms with van der Waals surface area (Å²) < 4.78 is 85.3. The summed E-state index contributed by atoms with van der Waals surface area (Å²) in [6.45, 7) is 6.05. The summed E-state index contributed by atoms with van der Waals surface area (Å²) in [5.41, 5.74) is 2.16.